The third-order valence-electron chi connectivity index (χ3n) is 3.95. The molecule has 1 fully saturated rings. The van der Waals surface area contributed by atoms with E-state index < -0.39 is 10.0 Å². The zero-order chi connectivity index (χ0) is 15.5. The van der Waals surface area contributed by atoms with E-state index in [1.165, 1.54) is 19.3 Å². The maximum absolute atomic E-state index is 12.4. The van der Waals surface area contributed by atoms with Gasteiger partial charge in [-0.1, -0.05) is 25.5 Å². The summed E-state index contributed by atoms with van der Waals surface area (Å²) in [6.07, 6.45) is 3.74. The molecule has 1 aliphatic carbocycles. The molecule has 0 aliphatic heterocycles. The second-order valence-electron chi connectivity index (χ2n) is 6.44. The average molecular weight is 310 g/mol. The van der Waals surface area contributed by atoms with Gasteiger partial charge in [0.1, 0.15) is 4.90 Å². The molecule has 0 heterocycles. The summed E-state index contributed by atoms with van der Waals surface area (Å²) < 4.78 is 27.4. The second kappa shape index (κ2) is 6.79. The van der Waals surface area contributed by atoms with Crippen LogP contribution in [0.15, 0.2) is 29.2 Å². The third-order valence-corrected chi connectivity index (χ3v) is 5.67. The summed E-state index contributed by atoms with van der Waals surface area (Å²) in [5.74, 6) is 1.44. The van der Waals surface area contributed by atoms with Gasteiger partial charge in [0, 0.05) is 12.6 Å². The number of nitrogens with one attached hydrogen (secondary N) is 2. The van der Waals surface area contributed by atoms with Crippen molar-refractivity contribution >= 4 is 15.7 Å². The van der Waals surface area contributed by atoms with Gasteiger partial charge < -0.3 is 5.32 Å². The molecule has 1 aliphatic rings. The molecule has 2 atom stereocenters. The van der Waals surface area contributed by atoms with Crippen molar-refractivity contribution in [2.75, 3.05) is 11.9 Å². The summed E-state index contributed by atoms with van der Waals surface area (Å²) in [4.78, 5) is 0.338. The van der Waals surface area contributed by atoms with Gasteiger partial charge in [0.25, 0.3) is 0 Å². The van der Waals surface area contributed by atoms with Crippen LogP contribution in [0.4, 0.5) is 5.69 Å². The summed E-state index contributed by atoms with van der Waals surface area (Å²) in [6, 6.07) is 7.02. The Morgan fingerprint density at radius 3 is 2.57 bits per heavy atom. The molecule has 2 unspecified atom stereocenters. The predicted molar refractivity (Wildman–Crippen MR) is 86.9 cm³/mol. The zero-order valence-corrected chi connectivity index (χ0v) is 13.9. The van der Waals surface area contributed by atoms with E-state index in [-0.39, 0.29) is 6.04 Å². The Balaban J connectivity index is 2.10. The molecule has 0 saturated heterocycles. The average Bonchev–Trinajstić information content (AvgIpc) is 2.81. The molecule has 2 rings (SSSR count). The van der Waals surface area contributed by atoms with Crippen molar-refractivity contribution in [2.24, 2.45) is 11.8 Å². The Hall–Kier alpha value is -1.07. The molecule has 1 aromatic carbocycles. The number of anilines is 1. The Morgan fingerprint density at radius 1 is 1.24 bits per heavy atom. The fraction of sp³-hybridized carbons (Fsp3) is 0.625. The fourth-order valence-electron chi connectivity index (χ4n) is 2.99. The van der Waals surface area contributed by atoms with Crippen molar-refractivity contribution in [3.05, 3.63) is 24.3 Å². The van der Waals surface area contributed by atoms with Crippen molar-refractivity contribution in [2.45, 2.75) is 51.0 Å². The quantitative estimate of drug-likeness (QED) is 0.848. The van der Waals surface area contributed by atoms with Crippen molar-refractivity contribution < 1.29 is 8.42 Å². The highest BCUT2D eigenvalue weighted by Gasteiger charge is 2.23. The molecule has 2 N–H and O–H groups in total. The Kier molecular flexibility index (Phi) is 5.27. The molecule has 0 aromatic heterocycles. The van der Waals surface area contributed by atoms with Crippen LogP contribution in [-0.2, 0) is 10.0 Å². The van der Waals surface area contributed by atoms with Gasteiger partial charge in [-0.05, 0) is 50.7 Å². The first-order chi connectivity index (χ1) is 9.88. The van der Waals surface area contributed by atoms with E-state index in [2.05, 4.69) is 17.0 Å². The predicted octanol–water partition coefficient (Wildman–Crippen LogP) is 3.22. The molecule has 1 aromatic rings. The molecule has 0 spiro atoms. The Morgan fingerprint density at radius 2 is 1.95 bits per heavy atom. The maximum Gasteiger partial charge on any atom is 0.242 e. The van der Waals surface area contributed by atoms with Gasteiger partial charge in [-0.25, -0.2) is 13.1 Å². The van der Waals surface area contributed by atoms with E-state index >= 15 is 0 Å². The van der Waals surface area contributed by atoms with Gasteiger partial charge in [0.05, 0.1) is 5.69 Å². The summed E-state index contributed by atoms with van der Waals surface area (Å²) in [5, 5.41) is 3.34. The first-order valence-electron chi connectivity index (χ1n) is 7.73. The Bertz CT molecular complexity index is 569. The van der Waals surface area contributed by atoms with Crippen LogP contribution in [0.1, 0.15) is 40.0 Å². The molecule has 0 bridgehead atoms. The van der Waals surface area contributed by atoms with Gasteiger partial charge in [-0.15, -0.1) is 0 Å². The fourth-order valence-corrected chi connectivity index (χ4v) is 4.42. The minimum atomic E-state index is -3.46. The monoisotopic (exact) mass is 310 g/mol. The number of hydrogen-bond donors (Lipinski definition) is 2. The highest BCUT2D eigenvalue weighted by molar-refractivity contribution is 7.89. The van der Waals surface area contributed by atoms with Gasteiger partial charge in [-0.2, -0.15) is 0 Å². The van der Waals surface area contributed by atoms with Crippen molar-refractivity contribution in [3.8, 4) is 0 Å². The van der Waals surface area contributed by atoms with E-state index in [1.807, 2.05) is 26.0 Å². The van der Waals surface area contributed by atoms with Crippen LogP contribution in [0.5, 0.6) is 0 Å². The number of sulfonamides is 1. The maximum atomic E-state index is 12.4. The topological polar surface area (TPSA) is 58.2 Å². The number of rotatable bonds is 6. The van der Waals surface area contributed by atoms with Gasteiger partial charge in [-0.3, -0.25) is 0 Å². The van der Waals surface area contributed by atoms with Crippen LogP contribution in [0.25, 0.3) is 0 Å². The number of hydrogen-bond acceptors (Lipinski definition) is 3. The van der Waals surface area contributed by atoms with Gasteiger partial charge in [0.15, 0.2) is 0 Å². The highest BCUT2D eigenvalue weighted by Crippen LogP contribution is 2.31. The number of benzene rings is 1. The van der Waals surface area contributed by atoms with E-state index in [9.17, 15) is 8.42 Å². The van der Waals surface area contributed by atoms with Crippen LogP contribution in [0.3, 0.4) is 0 Å². The van der Waals surface area contributed by atoms with Crippen LogP contribution < -0.4 is 10.0 Å². The summed E-state index contributed by atoms with van der Waals surface area (Å²) >= 11 is 0. The first kappa shape index (κ1) is 16.3. The molecule has 5 heteroatoms. The molecule has 0 radical (unpaired) electrons. The zero-order valence-electron chi connectivity index (χ0n) is 13.1. The van der Waals surface area contributed by atoms with Gasteiger partial charge in [0.2, 0.25) is 10.0 Å². The first-order valence-corrected chi connectivity index (χ1v) is 9.22. The lowest BCUT2D eigenvalue weighted by molar-refractivity contribution is 0.536. The van der Waals surface area contributed by atoms with Crippen LogP contribution in [0.2, 0.25) is 0 Å². The van der Waals surface area contributed by atoms with Crippen molar-refractivity contribution in [1.29, 1.82) is 0 Å². The van der Waals surface area contributed by atoms with Crippen LogP contribution >= 0.6 is 0 Å². The Labute approximate surface area is 128 Å². The van der Waals surface area contributed by atoms with E-state index in [4.69, 9.17) is 0 Å². The molecular weight excluding hydrogens is 284 g/mol. The SMILES string of the molecule is CC1CCC(CNc2ccccc2S(=O)(=O)NC(C)C)C1. The standard InChI is InChI=1S/C16H26N2O2S/c1-12(2)18-21(19,20)16-7-5-4-6-15(16)17-11-14-9-8-13(3)10-14/h4-7,12-14,17-18H,8-11H2,1-3H3. The largest absolute Gasteiger partial charge is 0.384 e. The van der Waals surface area contributed by atoms with E-state index in [1.54, 1.807) is 12.1 Å². The summed E-state index contributed by atoms with van der Waals surface area (Å²) in [5.41, 5.74) is 0.699. The minimum Gasteiger partial charge on any atom is -0.384 e. The van der Waals surface area contributed by atoms with E-state index in [0.717, 1.165) is 12.5 Å². The molecule has 4 nitrogen and oxygen atoms in total. The summed E-state index contributed by atoms with van der Waals surface area (Å²) in [7, 11) is -3.46. The normalized spacial score (nSPS) is 22.7. The van der Waals surface area contributed by atoms with Gasteiger partial charge >= 0.3 is 0 Å². The highest BCUT2D eigenvalue weighted by atomic mass is 32.2. The lowest BCUT2D eigenvalue weighted by atomic mass is 10.1. The molecule has 0 amide bonds. The van der Waals surface area contributed by atoms with Crippen LogP contribution in [-0.4, -0.2) is 21.0 Å². The lowest BCUT2D eigenvalue weighted by Gasteiger charge is -2.17. The second-order valence-corrected chi connectivity index (χ2v) is 8.12. The van der Waals surface area contributed by atoms with Crippen LogP contribution in [0, 0.1) is 11.8 Å². The van der Waals surface area contributed by atoms with E-state index in [0.29, 0.717) is 16.5 Å². The third kappa shape index (κ3) is 4.45. The molecule has 1 saturated carbocycles. The summed E-state index contributed by atoms with van der Waals surface area (Å²) in [6.45, 7) is 6.78. The van der Waals surface area contributed by atoms with Crippen molar-refractivity contribution in [3.63, 3.8) is 0 Å². The smallest absolute Gasteiger partial charge is 0.242 e. The minimum absolute atomic E-state index is 0.112. The molecule has 118 valence electrons. The molecular formula is C16H26N2O2S. The van der Waals surface area contributed by atoms with Crippen molar-refractivity contribution in [1.82, 2.24) is 4.72 Å². The number of para-hydroxylation sites is 1. The lowest BCUT2D eigenvalue weighted by Crippen LogP contribution is -2.31. The molecule has 21 heavy (non-hydrogen) atoms.